The summed E-state index contributed by atoms with van der Waals surface area (Å²) in [5.74, 6) is -1.09. The summed E-state index contributed by atoms with van der Waals surface area (Å²) in [4.78, 5) is 39.2. The van der Waals surface area contributed by atoms with Gasteiger partial charge in [-0.1, -0.05) is 0 Å². The van der Waals surface area contributed by atoms with Gasteiger partial charge >= 0.3 is 11.7 Å². The van der Waals surface area contributed by atoms with Gasteiger partial charge in [0.2, 0.25) is 0 Å². The van der Waals surface area contributed by atoms with E-state index in [4.69, 9.17) is 0 Å². The quantitative estimate of drug-likeness (QED) is 0.771. The lowest BCUT2D eigenvalue weighted by molar-refractivity contribution is -0.145. The van der Waals surface area contributed by atoms with Gasteiger partial charge in [-0.05, 0) is 13.8 Å². The van der Waals surface area contributed by atoms with Crippen LogP contribution >= 0.6 is 0 Å². The topological polar surface area (TPSA) is 99.1 Å². The summed E-state index contributed by atoms with van der Waals surface area (Å²) in [5.41, 5.74) is -2.14. The number of imidazole rings is 1. The van der Waals surface area contributed by atoms with Crippen LogP contribution in [-0.4, -0.2) is 29.8 Å². The number of nitrogens with zero attached hydrogens (tertiary/aromatic N) is 4. The Hall–Kier alpha value is -2.38. The molecule has 2 aromatic rings. The van der Waals surface area contributed by atoms with Crippen molar-refractivity contribution in [3.8, 4) is 0 Å². The van der Waals surface area contributed by atoms with E-state index in [1.165, 1.54) is 43.4 Å². The molecular formula is C11H14N4O4. The first-order valence-electron chi connectivity index (χ1n) is 5.56. The molecule has 2 rings (SSSR count). The number of carboxylic acid groups (broad SMARTS) is 1. The summed E-state index contributed by atoms with van der Waals surface area (Å²) < 4.78 is 3.41. The zero-order valence-electron chi connectivity index (χ0n) is 11.0. The number of aromatic nitrogens is 4. The van der Waals surface area contributed by atoms with Crippen molar-refractivity contribution in [3.05, 3.63) is 27.2 Å². The van der Waals surface area contributed by atoms with Crippen molar-refractivity contribution < 1.29 is 9.90 Å². The third-order valence-electron chi connectivity index (χ3n) is 3.27. The van der Waals surface area contributed by atoms with Crippen LogP contribution in [0.25, 0.3) is 11.2 Å². The van der Waals surface area contributed by atoms with E-state index in [1.54, 1.807) is 0 Å². The summed E-state index contributed by atoms with van der Waals surface area (Å²) in [6.07, 6.45) is 1.26. The molecule has 0 unspecified atom stereocenters. The maximum Gasteiger partial charge on any atom is 0.332 e. The molecule has 2 aromatic heterocycles. The number of carboxylic acids is 1. The highest BCUT2D eigenvalue weighted by atomic mass is 16.4. The van der Waals surface area contributed by atoms with Crippen LogP contribution in [0.15, 0.2) is 15.9 Å². The highest BCUT2D eigenvalue weighted by Gasteiger charge is 2.32. The van der Waals surface area contributed by atoms with E-state index in [9.17, 15) is 19.5 Å². The first-order chi connectivity index (χ1) is 8.69. The molecule has 8 heteroatoms. The van der Waals surface area contributed by atoms with Crippen molar-refractivity contribution in [2.24, 2.45) is 14.1 Å². The Morgan fingerprint density at radius 2 is 1.84 bits per heavy atom. The lowest BCUT2D eigenvalue weighted by atomic mass is 10.1. The molecule has 0 saturated heterocycles. The van der Waals surface area contributed by atoms with Gasteiger partial charge in [0, 0.05) is 14.1 Å². The second kappa shape index (κ2) is 3.81. The molecule has 0 aliphatic heterocycles. The first kappa shape index (κ1) is 13.1. The van der Waals surface area contributed by atoms with Gasteiger partial charge in [0.15, 0.2) is 11.2 Å². The lowest BCUT2D eigenvalue weighted by Gasteiger charge is -2.21. The van der Waals surface area contributed by atoms with Crippen LogP contribution < -0.4 is 11.2 Å². The minimum atomic E-state index is -1.34. The smallest absolute Gasteiger partial charge is 0.332 e. The fraction of sp³-hybridized carbons (Fsp3) is 0.455. The maximum atomic E-state index is 12.1. The number of aryl methyl sites for hydroxylation is 1. The van der Waals surface area contributed by atoms with Crippen molar-refractivity contribution in [2.75, 3.05) is 0 Å². The predicted octanol–water partition coefficient (Wildman–Crippen LogP) is -0.747. The standard InChI is InChI=1S/C11H14N4O4/c1-11(2,9(17)18)15-5-12-7-6(15)8(16)14(4)10(19)13(7)3/h5H,1-4H3,(H,17,18). The van der Waals surface area contributed by atoms with Crippen LogP contribution in [0, 0.1) is 0 Å². The van der Waals surface area contributed by atoms with Gasteiger partial charge in [0.1, 0.15) is 5.54 Å². The Morgan fingerprint density at radius 3 is 2.37 bits per heavy atom. The number of fused-ring (bicyclic) bond motifs is 1. The molecule has 0 radical (unpaired) electrons. The predicted molar refractivity (Wildman–Crippen MR) is 67.2 cm³/mol. The molecule has 0 bridgehead atoms. The van der Waals surface area contributed by atoms with Crippen molar-refractivity contribution in [2.45, 2.75) is 19.4 Å². The van der Waals surface area contributed by atoms with Gasteiger partial charge in [-0.3, -0.25) is 13.9 Å². The van der Waals surface area contributed by atoms with E-state index in [2.05, 4.69) is 4.98 Å². The Bertz CT molecular complexity index is 793. The van der Waals surface area contributed by atoms with E-state index in [0.717, 1.165) is 4.57 Å². The zero-order valence-corrected chi connectivity index (χ0v) is 11.0. The molecule has 2 heterocycles. The van der Waals surface area contributed by atoms with Crippen molar-refractivity contribution in [3.63, 3.8) is 0 Å². The van der Waals surface area contributed by atoms with Gasteiger partial charge in [-0.15, -0.1) is 0 Å². The van der Waals surface area contributed by atoms with Crippen LogP contribution in [0.2, 0.25) is 0 Å². The molecule has 0 aliphatic rings. The van der Waals surface area contributed by atoms with Gasteiger partial charge in [0.25, 0.3) is 5.56 Å². The van der Waals surface area contributed by atoms with Crippen LogP contribution in [0.3, 0.4) is 0 Å². The monoisotopic (exact) mass is 266 g/mol. The Labute approximate surface area is 107 Å². The van der Waals surface area contributed by atoms with Crippen LogP contribution in [0.4, 0.5) is 0 Å². The number of hydrogen-bond acceptors (Lipinski definition) is 4. The molecule has 19 heavy (non-hydrogen) atoms. The highest BCUT2D eigenvalue weighted by Crippen LogP contribution is 2.19. The number of aliphatic carboxylic acids is 1. The fourth-order valence-electron chi connectivity index (χ4n) is 1.87. The second-order valence-corrected chi connectivity index (χ2v) is 4.86. The van der Waals surface area contributed by atoms with Crippen LogP contribution in [-0.2, 0) is 24.4 Å². The Morgan fingerprint density at radius 1 is 1.26 bits per heavy atom. The average Bonchev–Trinajstić information content (AvgIpc) is 2.78. The van der Waals surface area contributed by atoms with E-state index < -0.39 is 22.8 Å². The molecule has 0 atom stereocenters. The summed E-state index contributed by atoms with van der Waals surface area (Å²) >= 11 is 0. The minimum Gasteiger partial charge on any atom is -0.480 e. The highest BCUT2D eigenvalue weighted by molar-refractivity contribution is 5.80. The summed E-state index contributed by atoms with van der Waals surface area (Å²) in [6, 6.07) is 0. The molecule has 0 spiro atoms. The molecule has 0 amide bonds. The minimum absolute atomic E-state index is 0.0944. The van der Waals surface area contributed by atoms with E-state index in [0.29, 0.717) is 0 Å². The molecule has 0 aliphatic carbocycles. The molecule has 8 nitrogen and oxygen atoms in total. The van der Waals surface area contributed by atoms with Crippen LogP contribution in [0.1, 0.15) is 13.8 Å². The van der Waals surface area contributed by atoms with Gasteiger partial charge in [0.05, 0.1) is 6.33 Å². The SMILES string of the molecule is Cn1c(=O)c2c(ncn2C(C)(C)C(=O)O)n(C)c1=O. The number of rotatable bonds is 2. The Balaban J connectivity index is 3.01. The molecule has 0 aromatic carbocycles. The molecular weight excluding hydrogens is 252 g/mol. The number of carbonyl (C=O) groups is 1. The van der Waals surface area contributed by atoms with E-state index in [-0.39, 0.29) is 11.2 Å². The number of hydrogen-bond donors (Lipinski definition) is 1. The normalized spacial score (nSPS) is 12.0. The van der Waals surface area contributed by atoms with Crippen LogP contribution in [0.5, 0.6) is 0 Å². The summed E-state index contributed by atoms with van der Waals surface area (Å²) in [7, 11) is 2.82. The van der Waals surface area contributed by atoms with Crippen molar-refractivity contribution >= 4 is 17.1 Å². The van der Waals surface area contributed by atoms with Crippen molar-refractivity contribution in [1.29, 1.82) is 0 Å². The van der Waals surface area contributed by atoms with E-state index >= 15 is 0 Å². The molecule has 1 N–H and O–H groups in total. The average molecular weight is 266 g/mol. The zero-order chi connectivity index (χ0) is 14.5. The van der Waals surface area contributed by atoms with E-state index in [1.807, 2.05) is 0 Å². The third kappa shape index (κ3) is 1.60. The van der Waals surface area contributed by atoms with Gasteiger partial charge in [-0.25, -0.2) is 14.6 Å². The Kier molecular flexibility index (Phi) is 2.62. The maximum absolute atomic E-state index is 12.1. The molecule has 0 saturated carbocycles. The van der Waals surface area contributed by atoms with Crippen molar-refractivity contribution in [1.82, 2.24) is 18.7 Å². The van der Waals surface area contributed by atoms with Gasteiger partial charge in [-0.2, -0.15) is 0 Å². The summed E-state index contributed by atoms with van der Waals surface area (Å²) in [6.45, 7) is 2.92. The van der Waals surface area contributed by atoms with Gasteiger partial charge < -0.3 is 9.67 Å². The largest absolute Gasteiger partial charge is 0.480 e. The summed E-state index contributed by atoms with van der Waals surface area (Å²) in [5, 5.41) is 9.23. The first-order valence-corrected chi connectivity index (χ1v) is 5.56. The molecule has 0 fully saturated rings. The third-order valence-corrected chi connectivity index (χ3v) is 3.27. The fourth-order valence-corrected chi connectivity index (χ4v) is 1.87. The molecule has 102 valence electrons. The lowest BCUT2D eigenvalue weighted by Crippen LogP contribution is -2.41. The second-order valence-electron chi connectivity index (χ2n) is 4.86.